The molecule has 1 fully saturated rings. The molecular formula is C20H24BrN. The predicted octanol–water partition coefficient (Wildman–Crippen LogP) is 6.18. The molecule has 0 bridgehead atoms. The molecule has 0 saturated heterocycles. The van der Waals surface area contributed by atoms with Gasteiger partial charge < -0.3 is 4.90 Å². The fourth-order valence-electron chi connectivity index (χ4n) is 3.41. The highest BCUT2D eigenvalue weighted by atomic mass is 79.9. The Hall–Kier alpha value is -1.28. The smallest absolute Gasteiger partial charge is 0.0432 e. The summed E-state index contributed by atoms with van der Waals surface area (Å²) in [6, 6.07) is 20.3. The Morgan fingerprint density at radius 3 is 2.09 bits per heavy atom. The second kappa shape index (κ2) is 7.82. The number of hydrogen-bond acceptors (Lipinski definition) is 1. The van der Waals surface area contributed by atoms with E-state index in [1.165, 1.54) is 49.8 Å². The Morgan fingerprint density at radius 1 is 0.818 bits per heavy atom. The lowest BCUT2D eigenvalue weighted by atomic mass is 10.0. The molecule has 1 nitrogen and oxygen atoms in total. The Kier molecular flexibility index (Phi) is 5.55. The van der Waals surface area contributed by atoms with E-state index in [0.29, 0.717) is 6.04 Å². The zero-order chi connectivity index (χ0) is 15.2. The average Bonchev–Trinajstić information content (AvgIpc) is 2.84. The molecule has 1 aliphatic rings. The number of benzene rings is 2. The van der Waals surface area contributed by atoms with Gasteiger partial charge in [0, 0.05) is 22.7 Å². The molecule has 0 atom stereocenters. The molecule has 3 rings (SSSR count). The van der Waals surface area contributed by atoms with Crippen molar-refractivity contribution in [2.24, 2.45) is 0 Å². The lowest BCUT2D eigenvalue weighted by molar-refractivity contribution is 0.523. The van der Waals surface area contributed by atoms with Crippen molar-refractivity contribution >= 4 is 21.6 Å². The van der Waals surface area contributed by atoms with Gasteiger partial charge in [0.05, 0.1) is 0 Å². The quantitative estimate of drug-likeness (QED) is 0.590. The number of nitrogens with zero attached hydrogens (tertiary/aromatic N) is 1. The van der Waals surface area contributed by atoms with Gasteiger partial charge in [-0.15, -0.1) is 0 Å². The van der Waals surface area contributed by atoms with E-state index in [1.807, 2.05) is 0 Å². The summed E-state index contributed by atoms with van der Waals surface area (Å²) in [6.07, 6.45) is 8.18. The second-order valence-electron chi connectivity index (χ2n) is 6.24. The summed E-state index contributed by atoms with van der Waals surface area (Å²) in [5.74, 6) is 0. The Bertz CT molecular complexity index is 556. The second-order valence-corrected chi connectivity index (χ2v) is 7.15. The minimum atomic E-state index is 0.670. The summed E-state index contributed by atoms with van der Waals surface area (Å²) in [6.45, 7) is 1.01. The van der Waals surface area contributed by atoms with Crippen LogP contribution in [-0.4, -0.2) is 6.04 Å². The lowest BCUT2D eigenvalue weighted by Crippen LogP contribution is -2.34. The summed E-state index contributed by atoms with van der Waals surface area (Å²) in [4.78, 5) is 2.62. The maximum absolute atomic E-state index is 3.55. The van der Waals surface area contributed by atoms with Gasteiger partial charge in [0.15, 0.2) is 0 Å². The number of hydrogen-bond donors (Lipinski definition) is 0. The Morgan fingerprint density at radius 2 is 1.45 bits per heavy atom. The van der Waals surface area contributed by atoms with Crippen molar-refractivity contribution in [2.45, 2.75) is 51.1 Å². The van der Waals surface area contributed by atoms with Gasteiger partial charge in [-0.05, 0) is 42.7 Å². The van der Waals surface area contributed by atoms with Crippen LogP contribution in [0.1, 0.15) is 44.1 Å². The summed E-state index contributed by atoms with van der Waals surface area (Å²) >= 11 is 3.55. The van der Waals surface area contributed by atoms with Crippen LogP contribution in [0.25, 0.3) is 0 Å². The largest absolute Gasteiger partial charge is 0.364 e. The summed E-state index contributed by atoms with van der Waals surface area (Å²) in [5, 5.41) is 0. The lowest BCUT2D eigenvalue weighted by Gasteiger charge is -2.33. The summed E-state index contributed by atoms with van der Waals surface area (Å²) in [7, 11) is 0. The molecule has 0 aliphatic heterocycles. The first kappa shape index (κ1) is 15.6. The Balaban J connectivity index is 1.85. The van der Waals surface area contributed by atoms with Gasteiger partial charge in [-0.3, -0.25) is 0 Å². The fourth-order valence-corrected chi connectivity index (χ4v) is 3.68. The van der Waals surface area contributed by atoms with Crippen molar-refractivity contribution in [3.63, 3.8) is 0 Å². The van der Waals surface area contributed by atoms with Gasteiger partial charge in [-0.25, -0.2) is 0 Å². The van der Waals surface area contributed by atoms with Crippen molar-refractivity contribution in [2.75, 3.05) is 4.90 Å². The number of halogens is 1. The van der Waals surface area contributed by atoms with Gasteiger partial charge in [0.2, 0.25) is 0 Å². The molecule has 116 valence electrons. The molecule has 2 aromatic rings. The van der Waals surface area contributed by atoms with E-state index in [1.54, 1.807) is 0 Å². The van der Waals surface area contributed by atoms with Crippen LogP contribution in [-0.2, 0) is 6.54 Å². The van der Waals surface area contributed by atoms with Crippen LogP contribution in [0.4, 0.5) is 5.69 Å². The molecule has 1 aliphatic carbocycles. The van der Waals surface area contributed by atoms with Crippen LogP contribution >= 0.6 is 15.9 Å². The average molecular weight is 358 g/mol. The Labute approximate surface area is 142 Å². The molecule has 0 aromatic heterocycles. The van der Waals surface area contributed by atoms with E-state index in [-0.39, 0.29) is 0 Å². The van der Waals surface area contributed by atoms with Gasteiger partial charge in [-0.2, -0.15) is 0 Å². The van der Waals surface area contributed by atoms with E-state index in [4.69, 9.17) is 0 Å². The van der Waals surface area contributed by atoms with Crippen LogP contribution < -0.4 is 4.90 Å². The topological polar surface area (TPSA) is 3.24 Å². The summed E-state index contributed by atoms with van der Waals surface area (Å²) < 4.78 is 1.15. The third-order valence-electron chi connectivity index (χ3n) is 4.62. The molecule has 0 radical (unpaired) electrons. The van der Waals surface area contributed by atoms with Gasteiger partial charge in [0.25, 0.3) is 0 Å². The van der Waals surface area contributed by atoms with E-state index in [9.17, 15) is 0 Å². The molecule has 0 N–H and O–H groups in total. The SMILES string of the molecule is Brc1ccc(N(Cc2ccccc2)C2CCCCCC2)cc1. The van der Waals surface area contributed by atoms with E-state index in [2.05, 4.69) is 75.4 Å². The molecule has 0 unspecified atom stereocenters. The number of anilines is 1. The predicted molar refractivity (Wildman–Crippen MR) is 98.3 cm³/mol. The third kappa shape index (κ3) is 4.13. The molecule has 2 aromatic carbocycles. The van der Waals surface area contributed by atoms with Gasteiger partial charge in [-0.1, -0.05) is 71.9 Å². The zero-order valence-corrected chi connectivity index (χ0v) is 14.6. The van der Waals surface area contributed by atoms with E-state index >= 15 is 0 Å². The summed E-state index contributed by atoms with van der Waals surface area (Å²) in [5.41, 5.74) is 2.74. The number of rotatable bonds is 4. The van der Waals surface area contributed by atoms with Crippen molar-refractivity contribution in [1.82, 2.24) is 0 Å². The highest BCUT2D eigenvalue weighted by Crippen LogP contribution is 2.29. The third-order valence-corrected chi connectivity index (χ3v) is 5.15. The van der Waals surface area contributed by atoms with E-state index in [0.717, 1.165) is 11.0 Å². The molecule has 22 heavy (non-hydrogen) atoms. The van der Waals surface area contributed by atoms with Crippen molar-refractivity contribution in [3.8, 4) is 0 Å². The fraction of sp³-hybridized carbons (Fsp3) is 0.400. The molecule has 0 heterocycles. The molecule has 0 amide bonds. The van der Waals surface area contributed by atoms with Crippen LogP contribution in [0, 0.1) is 0 Å². The first-order valence-corrected chi connectivity index (χ1v) is 9.18. The highest BCUT2D eigenvalue weighted by Gasteiger charge is 2.20. The molecular weight excluding hydrogens is 334 g/mol. The van der Waals surface area contributed by atoms with Crippen LogP contribution in [0.5, 0.6) is 0 Å². The van der Waals surface area contributed by atoms with Crippen LogP contribution in [0.3, 0.4) is 0 Å². The highest BCUT2D eigenvalue weighted by molar-refractivity contribution is 9.10. The van der Waals surface area contributed by atoms with Gasteiger partial charge >= 0.3 is 0 Å². The van der Waals surface area contributed by atoms with E-state index < -0.39 is 0 Å². The monoisotopic (exact) mass is 357 g/mol. The minimum absolute atomic E-state index is 0.670. The minimum Gasteiger partial charge on any atom is -0.364 e. The molecule has 2 heteroatoms. The van der Waals surface area contributed by atoms with Crippen molar-refractivity contribution in [1.29, 1.82) is 0 Å². The van der Waals surface area contributed by atoms with Gasteiger partial charge in [0.1, 0.15) is 0 Å². The maximum atomic E-state index is 3.55. The maximum Gasteiger partial charge on any atom is 0.0432 e. The molecule has 1 saturated carbocycles. The van der Waals surface area contributed by atoms with Crippen molar-refractivity contribution < 1.29 is 0 Å². The first-order valence-electron chi connectivity index (χ1n) is 8.39. The standard InChI is InChI=1S/C20H24BrN/c21-18-12-14-20(15-13-18)22(16-17-8-4-3-5-9-17)19-10-6-1-2-7-11-19/h3-5,8-9,12-15,19H,1-2,6-7,10-11,16H2. The normalized spacial score (nSPS) is 16.2. The zero-order valence-electron chi connectivity index (χ0n) is 13.0. The van der Waals surface area contributed by atoms with Crippen LogP contribution in [0.2, 0.25) is 0 Å². The van der Waals surface area contributed by atoms with Crippen LogP contribution in [0.15, 0.2) is 59.1 Å². The molecule has 0 spiro atoms. The first-order chi connectivity index (χ1) is 10.8. The van der Waals surface area contributed by atoms with Crippen molar-refractivity contribution in [3.05, 3.63) is 64.6 Å².